The van der Waals surface area contributed by atoms with Crippen molar-refractivity contribution in [3.8, 4) is 0 Å². The molecule has 7 heteroatoms. The molecule has 9 atom stereocenters. The van der Waals surface area contributed by atoms with E-state index in [0.717, 1.165) is 63.5 Å². The molecule has 7 nitrogen and oxygen atoms in total. The second-order valence-electron chi connectivity index (χ2n) is 17.2. The molecule has 44 heavy (non-hydrogen) atoms. The van der Waals surface area contributed by atoms with Gasteiger partial charge in [0.1, 0.15) is 6.10 Å². The number of ether oxygens (including phenoxy) is 1. The van der Waals surface area contributed by atoms with E-state index in [-0.39, 0.29) is 62.7 Å². The molecule has 6 rings (SSSR count). The summed E-state index contributed by atoms with van der Waals surface area (Å²) in [6.07, 6.45) is 12.0. The molecule has 4 saturated carbocycles. The first-order valence-electron chi connectivity index (χ1n) is 16.9. The highest BCUT2D eigenvalue weighted by Crippen LogP contribution is 2.75. The molecule has 1 aromatic heterocycles. The van der Waals surface area contributed by atoms with Crippen LogP contribution in [0.15, 0.2) is 23.9 Å². The molecule has 1 amide bonds. The van der Waals surface area contributed by atoms with Crippen LogP contribution in [0.25, 0.3) is 0 Å². The molecule has 5 aliphatic rings. The van der Waals surface area contributed by atoms with Crippen LogP contribution in [-0.2, 0) is 19.1 Å². The molecule has 1 heterocycles. The first kappa shape index (κ1) is 31.4. The topological polar surface area (TPSA) is 98.2 Å². The molecule has 0 aliphatic heterocycles. The molecule has 5 aliphatic carbocycles. The number of carbonyl (C=O) groups is 3. The molecule has 0 spiro atoms. The minimum Gasteiger partial charge on any atom is -0.462 e. The Labute approximate surface area is 263 Å². The summed E-state index contributed by atoms with van der Waals surface area (Å²) in [6, 6.07) is 1.83. The van der Waals surface area contributed by atoms with Crippen molar-refractivity contribution < 1.29 is 19.1 Å². The highest BCUT2D eigenvalue weighted by atomic mass is 16.5. The number of hydrogen-bond donors (Lipinski definition) is 1. The molecule has 4 fully saturated rings. The average molecular weight is 604 g/mol. The summed E-state index contributed by atoms with van der Waals surface area (Å²) in [7, 11) is 0. The fraction of sp³-hybridized carbons (Fsp3) is 0.757. The smallest absolute Gasteiger partial charge is 0.302 e. The van der Waals surface area contributed by atoms with Crippen molar-refractivity contribution in [1.82, 2.24) is 9.97 Å². The van der Waals surface area contributed by atoms with E-state index in [9.17, 15) is 14.4 Å². The Bertz CT molecular complexity index is 1440. The van der Waals surface area contributed by atoms with Gasteiger partial charge in [0.05, 0.1) is 0 Å². The number of ketones is 1. The van der Waals surface area contributed by atoms with Gasteiger partial charge in [-0.05, 0) is 110 Å². The zero-order valence-corrected chi connectivity index (χ0v) is 28.4. The third kappa shape index (κ3) is 4.37. The van der Waals surface area contributed by atoms with Crippen LogP contribution in [0.1, 0.15) is 119 Å². The second-order valence-corrected chi connectivity index (χ2v) is 17.2. The van der Waals surface area contributed by atoms with Crippen LogP contribution in [0.4, 0.5) is 5.95 Å². The first-order valence-corrected chi connectivity index (χ1v) is 16.9. The highest BCUT2D eigenvalue weighted by molar-refractivity contribution is 5.96. The predicted molar refractivity (Wildman–Crippen MR) is 170 cm³/mol. The van der Waals surface area contributed by atoms with Crippen molar-refractivity contribution in [1.29, 1.82) is 0 Å². The molecule has 0 saturated heterocycles. The van der Waals surface area contributed by atoms with E-state index in [1.165, 1.54) is 12.5 Å². The molecule has 1 aromatic rings. The molecule has 1 N–H and O–H groups in total. The van der Waals surface area contributed by atoms with Gasteiger partial charge in [0, 0.05) is 35.6 Å². The van der Waals surface area contributed by atoms with Gasteiger partial charge in [0.25, 0.3) is 0 Å². The lowest BCUT2D eigenvalue weighted by Gasteiger charge is -2.70. The summed E-state index contributed by atoms with van der Waals surface area (Å²) in [5, 5.41) is 3.02. The van der Waals surface area contributed by atoms with Gasteiger partial charge in [-0.3, -0.25) is 19.7 Å². The van der Waals surface area contributed by atoms with Gasteiger partial charge < -0.3 is 4.74 Å². The zero-order chi connectivity index (χ0) is 32.1. The Kier molecular flexibility index (Phi) is 7.11. The Morgan fingerprint density at radius 3 is 2.34 bits per heavy atom. The maximum absolute atomic E-state index is 14.7. The number of carbonyl (C=O) groups excluding carboxylic acids is 3. The number of aryl methyl sites for hydroxylation is 1. The molecule has 9 unspecified atom stereocenters. The number of hydrogen-bond acceptors (Lipinski definition) is 6. The number of fused-ring (bicyclic) bond motifs is 7. The van der Waals surface area contributed by atoms with E-state index in [1.807, 2.05) is 13.0 Å². The number of nitrogens with zero attached hydrogens (tertiary/aromatic N) is 2. The van der Waals surface area contributed by atoms with Gasteiger partial charge >= 0.3 is 5.97 Å². The summed E-state index contributed by atoms with van der Waals surface area (Å²) in [5.41, 5.74) is 0.974. The van der Waals surface area contributed by atoms with Gasteiger partial charge in [-0.2, -0.15) is 0 Å². The third-order valence-electron chi connectivity index (χ3n) is 14.4. The van der Waals surface area contributed by atoms with E-state index in [1.54, 1.807) is 6.20 Å². The number of amides is 1. The van der Waals surface area contributed by atoms with Crippen molar-refractivity contribution in [2.45, 2.75) is 126 Å². The van der Waals surface area contributed by atoms with E-state index in [2.05, 4.69) is 69.8 Å². The minimum absolute atomic E-state index is 0.0240. The van der Waals surface area contributed by atoms with Crippen LogP contribution in [0.2, 0.25) is 0 Å². The monoisotopic (exact) mass is 603 g/mol. The summed E-state index contributed by atoms with van der Waals surface area (Å²) in [5.74, 6) is 0.802. The molecule has 0 bridgehead atoms. The van der Waals surface area contributed by atoms with Crippen molar-refractivity contribution in [2.75, 3.05) is 5.32 Å². The summed E-state index contributed by atoms with van der Waals surface area (Å²) in [6.45, 7) is 19.6. The maximum atomic E-state index is 14.7. The zero-order valence-electron chi connectivity index (χ0n) is 28.4. The number of anilines is 1. The minimum atomic E-state index is -0.570. The Morgan fingerprint density at radius 1 is 0.955 bits per heavy atom. The van der Waals surface area contributed by atoms with Crippen molar-refractivity contribution in [3.05, 3.63) is 29.6 Å². The van der Waals surface area contributed by atoms with Gasteiger partial charge in [-0.1, -0.05) is 54.0 Å². The van der Waals surface area contributed by atoms with E-state index < -0.39 is 5.41 Å². The number of aromatic nitrogens is 2. The number of rotatable bonds is 3. The average Bonchev–Trinajstić information content (AvgIpc) is 2.92. The van der Waals surface area contributed by atoms with Crippen molar-refractivity contribution in [3.63, 3.8) is 0 Å². The number of esters is 1. The molecular weight excluding hydrogens is 550 g/mol. The number of nitrogens with one attached hydrogen (secondary N) is 1. The Hall–Kier alpha value is -2.57. The van der Waals surface area contributed by atoms with Gasteiger partial charge in [0.2, 0.25) is 11.9 Å². The van der Waals surface area contributed by atoms with E-state index in [0.29, 0.717) is 11.9 Å². The Morgan fingerprint density at radius 2 is 1.66 bits per heavy atom. The van der Waals surface area contributed by atoms with Crippen LogP contribution in [0.5, 0.6) is 0 Å². The van der Waals surface area contributed by atoms with E-state index in [4.69, 9.17) is 4.74 Å². The second kappa shape index (κ2) is 9.96. The van der Waals surface area contributed by atoms with Crippen molar-refractivity contribution >= 4 is 23.6 Å². The van der Waals surface area contributed by atoms with Gasteiger partial charge in [-0.15, -0.1) is 0 Å². The van der Waals surface area contributed by atoms with Crippen LogP contribution < -0.4 is 5.32 Å². The highest BCUT2D eigenvalue weighted by Gasteiger charge is 2.70. The van der Waals surface area contributed by atoms with Crippen LogP contribution >= 0.6 is 0 Å². The molecule has 0 aromatic carbocycles. The van der Waals surface area contributed by atoms with Gasteiger partial charge in [-0.25, -0.2) is 9.97 Å². The Balaban J connectivity index is 1.35. The van der Waals surface area contributed by atoms with E-state index >= 15 is 0 Å². The lowest BCUT2D eigenvalue weighted by atomic mass is 9.33. The number of allylic oxidation sites excluding steroid dienone is 2. The summed E-state index contributed by atoms with van der Waals surface area (Å²) < 4.78 is 5.87. The summed E-state index contributed by atoms with van der Waals surface area (Å²) >= 11 is 0. The molecule has 0 radical (unpaired) electrons. The van der Waals surface area contributed by atoms with Crippen LogP contribution in [0.3, 0.4) is 0 Å². The fourth-order valence-electron chi connectivity index (χ4n) is 11.5. The van der Waals surface area contributed by atoms with Crippen LogP contribution in [-0.4, -0.2) is 33.7 Å². The standard InChI is InChI=1S/C37H53N3O4/c1-22-12-19-38-31(39-22)40-30(43)34(6)16-15-33(5)17-18-36(8)24(25(33)21-34)20-26(42)29-35(7)13-11-28(44-23(2)41)32(3,4)27(35)10-14-37(29,36)9/h12,19-20,25,27-29H,10-11,13-18,21H2,1-9H3,(H,38,39,40,43). The largest absolute Gasteiger partial charge is 0.462 e. The molecular formula is C37H53N3O4. The normalized spacial score (nSPS) is 44.2. The predicted octanol–water partition coefficient (Wildman–Crippen LogP) is 7.64. The van der Waals surface area contributed by atoms with Crippen molar-refractivity contribution in [2.24, 2.45) is 50.2 Å². The quantitative estimate of drug-likeness (QED) is 0.357. The van der Waals surface area contributed by atoms with Crippen LogP contribution in [0, 0.1) is 57.2 Å². The lowest BCUT2D eigenvalue weighted by molar-refractivity contribution is -0.210. The lowest BCUT2D eigenvalue weighted by Crippen LogP contribution is -2.66. The van der Waals surface area contributed by atoms with Gasteiger partial charge in [0.15, 0.2) is 5.78 Å². The molecule has 240 valence electrons. The fourth-order valence-corrected chi connectivity index (χ4v) is 11.5. The maximum Gasteiger partial charge on any atom is 0.302 e. The first-order chi connectivity index (χ1) is 20.4. The summed E-state index contributed by atoms with van der Waals surface area (Å²) in [4.78, 5) is 49.2. The SMILES string of the molecule is CC(=O)OC1CCC2(C)C(CCC3(C)C2C(=O)C=C2C4CC(C)(C(=O)Nc5nccc(C)n5)CCC4(C)CCC23C)C1(C)C. The third-order valence-corrected chi connectivity index (χ3v) is 14.4.